The Balaban J connectivity index is 2.44. The van der Waals surface area contributed by atoms with Crippen molar-refractivity contribution in [1.29, 1.82) is 0 Å². The molecule has 1 rings (SSSR count). The van der Waals surface area contributed by atoms with Gasteiger partial charge in [-0.3, -0.25) is 0 Å². The van der Waals surface area contributed by atoms with E-state index in [1.165, 1.54) is 9.75 Å². The van der Waals surface area contributed by atoms with Gasteiger partial charge in [0, 0.05) is 28.9 Å². The molecule has 0 spiro atoms. The van der Waals surface area contributed by atoms with Gasteiger partial charge in [0.05, 0.1) is 6.61 Å². The molecule has 0 amide bonds. The molecule has 1 aromatic heterocycles. The maximum absolute atomic E-state index is 5.26. The van der Waals surface area contributed by atoms with Gasteiger partial charge in [0.1, 0.15) is 0 Å². The zero-order valence-electron chi connectivity index (χ0n) is 11.6. The van der Waals surface area contributed by atoms with Crippen LogP contribution in [-0.4, -0.2) is 25.8 Å². The quantitative estimate of drug-likeness (QED) is 0.807. The van der Waals surface area contributed by atoms with Gasteiger partial charge >= 0.3 is 0 Å². The van der Waals surface area contributed by atoms with Gasteiger partial charge in [-0.15, -0.1) is 11.3 Å². The Labute approximate surface area is 109 Å². The molecule has 0 bridgehead atoms. The van der Waals surface area contributed by atoms with Crippen molar-refractivity contribution >= 4 is 11.3 Å². The monoisotopic (exact) mass is 255 g/mol. The van der Waals surface area contributed by atoms with Crippen molar-refractivity contribution in [1.82, 2.24) is 5.32 Å². The number of hydrogen-bond acceptors (Lipinski definition) is 3. The second-order valence-corrected chi connectivity index (χ2v) is 6.46. The molecule has 0 saturated heterocycles. The van der Waals surface area contributed by atoms with Gasteiger partial charge in [0.15, 0.2) is 0 Å². The van der Waals surface area contributed by atoms with Crippen LogP contribution in [0.3, 0.4) is 0 Å². The summed E-state index contributed by atoms with van der Waals surface area (Å²) in [6.45, 7) is 9.66. The molecule has 2 atom stereocenters. The SMILES string of the molecule is COCC(NC(C)Cc1ccc(C)s1)C(C)C. The van der Waals surface area contributed by atoms with Crippen LogP contribution >= 0.6 is 11.3 Å². The fraction of sp³-hybridized carbons (Fsp3) is 0.714. The molecular weight excluding hydrogens is 230 g/mol. The summed E-state index contributed by atoms with van der Waals surface area (Å²) in [4.78, 5) is 2.85. The highest BCUT2D eigenvalue weighted by Gasteiger charge is 2.16. The molecule has 0 saturated carbocycles. The van der Waals surface area contributed by atoms with Crippen LogP contribution in [-0.2, 0) is 11.2 Å². The Morgan fingerprint density at radius 1 is 1.29 bits per heavy atom. The van der Waals surface area contributed by atoms with Crippen LogP contribution in [0.5, 0.6) is 0 Å². The van der Waals surface area contributed by atoms with E-state index in [2.05, 4.69) is 45.1 Å². The van der Waals surface area contributed by atoms with Crippen LogP contribution in [0.2, 0.25) is 0 Å². The molecule has 2 nitrogen and oxygen atoms in total. The normalized spacial score (nSPS) is 15.2. The van der Waals surface area contributed by atoms with E-state index >= 15 is 0 Å². The van der Waals surface area contributed by atoms with E-state index in [4.69, 9.17) is 4.74 Å². The van der Waals surface area contributed by atoms with Crippen LogP contribution in [0.4, 0.5) is 0 Å². The van der Waals surface area contributed by atoms with Crippen molar-refractivity contribution in [2.24, 2.45) is 5.92 Å². The van der Waals surface area contributed by atoms with E-state index in [9.17, 15) is 0 Å². The predicted octanol–water partition coefficient (Wildman–Crippen LogP) is 3.25. The lowest BCUT2D eigenvalue weighted by atomic mass is 10.0. The van der Waals surface area contributed by atoms with Gasteiger partial charge in [-0.2, -0.15) is 0 Å². The second-order valence-electron chi connectivity index (χ2n) is 5.09. The lowest BCUT2D eigenvalue weighted by molar-refractivity contribution is 0.141. The summed E-state index contributed by atoms with van der Waals surface area (Å²) in [5.41, 5.74) is 0. The molecule has 3 heteroatoms. The van der Waals surface area contributed by atoms with E-state index in [0.29, 0.717) is 18.0 Å². The fourth-order valence-corrected chi connectivity index (χ4v) is 2.95. The summed E-state index contributed by atoms with van der Waals surface area (Å²) in [5, 5.41) is 3.66. The first-order chi connectivity index (χ1) is 8.02. The number of aryl methyl sites for hydroxylation is 1. The number of methoxy groups -OCH3 is 1. The van der Waals surface area contributed by atoms with Crippen molar-refractivity contribution in [3.8, 4) is 0 Å². The summed E-state index contributed by atoms with van der Waals surface area (Å²) in [7, 11) is 1.77. The molecular formula is C14H25NOS. The van der Waals surface area contributed by atoms with Gasteiger partial charge in [-0.25, -0.2) is 0 Å². The molecule has 0 aliphatic heterocycles. The van der Waals surface area contributed by atoms with Crippen molar-refractivity contribution < 1.29 is 4.74 Å². The standard InChI is InChI=1S/C14H25NOS/c1-10(2)14(9-16-5)15-11(3)8-13-7-6-12(4)17-13/h6-7,10-11,14-15H,8-9H2,1-5H3. The zero-order valence-corrected chi connectivity index (χ0v) is 12.4. The largest absolute Gasteiger partial charge is 0.383 e. The van der Waals surface area contributed by atoms with E-state index in [-0.39, 0.29) is 0 Å². The van der Waals surface area contributed by atoms with Crippen molar-refractivity contribution in [3.63, 3.8) is 0 Å². The topological polar surface area (TPSA) is 21.3 Å². The Bertz CT molecular complexity index is 322. The minimum atomic E-state index is 0.441. The maximum atomic E-state index is 5.26. The summed E-state index contributed by atoms with van der Waals surface area (Å²) in [5.74, 6) is 0.600. The highest BCUT2D eigenvalue weighted by Crippen LogP contribution is 2.17. The molecule has 0 radical (unpaired) electrons. The number of thiophene rings is 1. The van der Waals surface area contributed by atoms with Crippen LogP contribution in [0, 0.1) is 12.8 Å². The lowest BCUT2D eigenvalue weighted by Crippen LogP contribution is -2.43. The third-order valence-electron chi connectivity index (χ3n) is 2.95. The number of hydrogen-bond donors (Lipinski definition) is 1. The molecule has 1 heterocycles. The van der Waals surface area contributed by atoms with Gasteiger partial charge in [0.25, 0.3) is 0 Å². The molecule has 0 fully saturated rings. The van der Waals surface area contributed by atoms with Crippen LogP contribution in [0.25, 0.3) is 0 Å². The zero-order chi connectivity index (χ0) is 12.8. The molecule has 2 unspecified atom stereocenters. The van der Waals surface area contributed by atoms with Crippen molar-refractivity contribution in [2.45, 2.75) is 46.2 Å². The molecule has 0 aromatic carbocycles. The number of nitrogens with one attached hydrogen (secondary N) is 1. The van der Waals surface area contributed by atoms with Crippen LogP contribution in [0.15, 0.2) is 12.1 Å². The second kappa shape index (κ2) is 7.14. The Morgan fingerprint density at radius 3 is 2.47 bits per heavy atom. The average Bonchev–Trinajstić information content (AvgIpc) is 2.63. The first-order valence-electron chi connectivity index (χ1n) is 6.33. The summed E-state index contributed by atoms with van der Waals surface area (Å²) in [6, 6.07) is 5.37. The predicted molar refractivity (Wildman–Crippen MR) is 75.9 cm³/mol. The maximum Gasteiger partial charge on any atom is 0.0618 e. The first kappa shape index (κ1) is 14.7. The Hall–Kier alpha value is -0.380. The third-order valence-corrected chi connectivity index (χ3v) is 3.98. The van der Waals surface area contributed by atoms with Crippen LogP contribution < -0.4 is 5.32 Å². The minimum Gasteiger partial charge on any atom is -0.383 e. The van der Waals surface area contributed by atoms with E-state index in [0.717, 1.165) is 13.0 Å². The molecule has 17 heavy (non-hydrogen) atoms. The van der Waals surface area contributed by atoms with Crippen molar-refractivity contribution in [3.05, 3.63) is 21.9 Å². The van der Waals surface area contributed by atoms with Gasteiger partial charge in [-0.05, 0) is 38.3 Å². The number of rotatable bonds is 7. The molecule has 0 aliphatic rings. The first-order valence-corrected chi connectivity index (χ1v) is 7.15. The summed E-state index contributed by atoms with van der Waals surface area (Å²) < 4.78 is 5.26. The minimum absolute atomic E-state index is 0.441. The highest BCUT2D eigenvalue weighted by molar-refractivity contribution is 7.11. The molecule has 0 aliphatic carbocycles. The average molecular weight is 255 g/mol. The van der Waals surface area contributed by atoms with Gasteiger partial charge in [0.2, 0.25) is 0 Å². The third kappa shape index (κ3) is 5.19. The molecule has 1 aromatic rings. The van der Waals surface area contributed by atoms with Gasteiger partial charge in [-0.1, -0.05) is 13.8 Å². The smallest absolute Gasteiger partial charge is 0.0618 e. The Morgan fingerprint density at radius 2 is 2.00 bits per heavy atom. The molecule has 1 N–H and O–H groups in total. The van der Waals surface area contributed by atoms with Crippen molar-refractivity contribution in [2.75, 3.05) is 13.7 Å². The van der Waals surface area contributed by atoms with E-state index in [1.54, 1.807) is 7.11 Å². The number of ether oxygens (including phenoxy) is 1. The van der Waals surface area contributed by atoms with Gasteiger partial charge < -0.3 is 10.1 Å². The highest BCUT2D eigenvalue weighted by atomic mass is 32.1. The summed E-state index contributed by atoms with van der Waals surface area (Å²) >= 11 is 1.89. The fourth-order valence-electron chi connectivity index (χ4n) is 1.93. The Kier molecular flexibility index (Phi) is 6.17. The summed E-state index contributed by atoms with van der Waals surface area (Å²) in [6.07, 6.45) is 1.10. The van der Waals surface area contributed by atoms with E-state index < -0.39 is 0 Å². The molecule has 98 valence electrons. The van der Waals surface area contributed by atoms with Crippen LogP contribution in [0.1, 0.15) is 30.5 Å². The van der Waals surface area contributed by atoms with E-state index in [1.807, 2.05) is 11.3 Å². The lowest BCUT2D eigenvalue weighted by Gasteiger charge is -2.25.